The first-order valence-electron chi connectivity index (χ1n) is 6.42. The zero-order valence-electron chi connectivity index (χ0n) is 11.8. The second-order valence-corrected chi connectivity index (χ2v) is 8.14. The number of rotatable bonds is 5. The standard InChI is InChI=1S/C14H9FN2O4S3/c15-9-3-1-8(2-4-9)13-16-12(7-22-13)24(20,21)17-11-6-5-10(23-11)14(18)19/h1-7,17H,(H,18,19). The average Bonchev–Trinajstić information content (AvgIpc) is 3.17. The van der Waals surface area contributed by atoms with Crippen LogP contribution in [0.1, 0.15) is 9.67 Å². The Bertz CT molecular complexity index is 993. The van der Waals surface area contributed by atoms with Gasteiger partial charge in [-0.3, -0.25) is 4.72 Å². The SMILES string of the molecule is O=C(O)c1ccc(NS(=O)(=O)c2csc(-c3ccc(F)cc3)n2)s1. The zero-order chi connectivity index (χ0) is 17.3. The Kier molecular flexibility index (Phi) is 4.35. The summed E-state index contributed by atoms with van der Waals surface area (Å²) in [5.74, 6) is -1.52. The maximum Gasteiger partial charge on any atom is 0.345 e. The molecule has 124 valence electrons. The number of anilines is 1. The molecule has 6 nitrogen and oxygen atoms in total. The molecule has 2 N–H and O–H groups in total. The van der Waals surface area contributed by atoms with Crippen LogP contribution in [0.15, 0.2) is 46.8 Å². The van der Waals surface area contributed by atoms with Crippen molar-refractivity contribution in [1.29, 1.82) is 0 Å². The third kappa shape index (κ3) is 3.45. The zero-order valence-corrected chi connectivity index (χ0v) is 14.2. The number of aromatic carboxylic acids is 1. The Labute approximate surface area is 144 Å². The van der Waals surface area contributed by atoms with E-state index in [1.54, 1.807) is 0 Å². The average molecular weight is 384 g/mol. The van der Waals surface area contributed by atoms with E-state index in [1.165, 1.54) is 41.8 Å². The highest BCUT2D eigenvalue weighted by atomic mass is 32.2. The topological polar surface area (TPSA) is 96.4 Å². The van der Waals surface area contributed by atoms with E-state index in [0.29, 0.717) is 10.6 Å². The summed E-state index contributed by atoms with van der Waals surface area (Å²) in [6.07, 6.45) is 0. The van der Waals surface area contributed by atoms with Gasteiger partial charge in [0, 0.05) is 10.9 Å². The van der Waals surface area contributed by atoms with Gasteiger partial charge in [0.05, 0.1) is 0 Å². The van der Waals surface area contributed by atoms with Crippen molar-refractivity contribution in [2.75, 3.05) is 4.72 Å². The van der Waals surface area contributed by atoms with Gasteiger partial charge in [0.25, 0.3) is 10.0 Å². The van der Waals surface area contributed by atoms with Crippen molar-refractivity contribution in [2.24, 2.45) is 0 Å². The number of benzene rings is 1. The van der Waals surface area contributed by atoms with Gasteiger partial charge in [-0.15, -0.1) is 22.7 Å². The predicted molar refractivity (Wildman–Crippen MR) is 89.6 cm³/mol. The summed E-state index contributed by atoms with van der Waals surface area (Å²) in [7, 11) is -3.93. The first-order chi connectivity index (χ1) is 11.3. The van der Waals surface area contributed by atoms with Crippen molar-refractivity contribution in [3.63, 3.8) is 0 Å². The number of carboxylic acid groups (broad SMARTS) is 1. The molecule has 0 unspecified atom stereocenters. The molecule has 0 radical (unpaired) electrons. The van der Waals surface area contributed by atoms with E-state index in [4.69, 9.17) is 5.11 Å². The van der Waals surface area contributed by atoms with Crippen LogP contribution in [-0.4, -0.2) is 24.5 Å². The molecule has 0 saturated carbocycles. The van der Waals surface area contributed by atoms with Crippen molar-refractivity contribution in [2.45, 2.75) is 5.03 Å². The van der Waals surface area contributed by atoms with Gasteiger partial charge in [-0.2, -0.15) is 8.42 Å². The molecule has 2 aromatic heterocycles. The molecule has 0 bridgehead atoms. The summed E-state index contributed by atoms with van der Waals surface area (Å²) in [5, 5.41) is 10.7. The van der Waals surface area contributed by atoms with Crippen LogP contribution in [-0.2, 0) is 10.0 Å². The van der Waals surface area contributed by atoms with Crippen LogP contribution in [0.4, 0.5) is 9.39 Å². The van der Waals surface area contributed by atoms with Gasteiger partial charge in [0.15, 0.2) is 5.03 Å². The molecule has 3 rings (SSSR count). The third-order valence-electron chi connectivity index (χ3n) is 2.90. The molecule has 1 aromatic carbocycles. The van der Waals surface area contributed by atoms with Gasteiger partial charge in [-0.05, 0) is 36.4 Å². The lowest BCUT2D eigenvalue weighted by atomic mass is 10.2. The monoisotopic (exact) mass is 384 g/mol. The number of carbonyl (C=O) groups is 1. The molecule has 3 aromatic rings. The minimum Gasteiger partial charge on any atom is -0.477 e. The molecule has 0 spiro atoms. The Balaban J connectivity index is 1.84. The van der Waals surface area contributed by atoms with Crippen molar-refractivity contribution < 1.29 is 22.7 Å². The summed E-state index contributed by atoms with van der Waals surface area (Å²) in [6, 6.07) is 8.24. The number of carboxylic acids is 1. The second-order valence-electron chi connectivity index (χ2n) is 4.57. The minimum atomic E-state index is -3.93. The number of thiophene rings is 1. The number of nitrogens with zero attached hydrogens (tertiary/aromatic N) is 1. The van der Waals surface area contributed by atoms with E-state index in [0.717, 1.165) is 22.7 Å². The molecular weight excluding hydrogens is 375 g/mol. The van der Waals surface area contributed by atoms with E-state index in [1.807, 2.05) is 0 Å². The fourth-order valence-corrected chi connectivity index (χ4v) is 4.94. The van der Waals surface area contributed by atoms with Gasteiger partial charge in [0.2, 0.25) is 0 Å². The van der Waals surface area contributed by atoms with Gasteiger partial charge in [-0.1, -0.05) is 0 Å². The first kappa shape index (κ1) is 16.6. The molecule has 0 atom stereocenters. The summed E-state index contributed by atoms with van der Waals surface area (Å²) in [5.41, 5.74) is 0.604. The van der Waals surface area contributed by atoms with Gasteiger partial charge >= 0.3 is 5.97 Å². The van der Waals surface area contributed by atoms with Crippen molar-refractivity contribution in [3.8, 4) is 10.6 Å². The number of sulfonamides is 1. The maximum absolute atomic E-state index is 12.9. The van der Waals surface area contributed by atoms with E-state index < -0.39 is 21.8 Å². The Hall–Kier alpha value is -2.30. The molecule has 0 aliphatic heterocycles. The van der Waals surface area contributed by atoms with Crippen LogP contribution in [0, 0.1) is 5.82 Å². The Morgan fingerprint density at radius 2 is 1.88 bits per heavy atom. The molecule has 2 heterocycles. The lowest BCUT2D eigenvalue weighted by Crippen LogP contribution is -2.12. The molecular formula is C14H9FN2O4S3. The van der Waals surface area contributed by atoms with E-state index in [-0.39, 0.29) is 14.9 Å². The normalized spacial score (nSPS) is 11.4. The van der Waals surface area contributed by atoms with Crippen LogP contribution < -0.4 is 4.72 Å². The highest BCUT2D eigenvalue weighted by molar-refractivity contribution is 7.93. The first-order valence-corrected chi connectivity index (χ1v) is 9.60. The number of thiazole rings is 1. The molecule has 0 fully saturated rings. The number of hydrogen-bond acceptors (Lipinski definition) is 6. The highest BCUT2D eigenvalue weighted by Crippen LogP contribution is 2.28. The van der Waals surface area contributed by atoms with E-state index >= 15 is 0 Å². The van der Waals surface area contributed by atoms with Crippen molar-refractivity contribution >= 4 is 43.7 Å². The molecule has 0 aliphatic carbocycles. The fraction of sp³-hybridized carbons (Fsp3) is 0. The largest absolute Gasteiger partial charge is 0.477 e. The quantitative estimate of drug-likeness (QED) is 0.702. The Morgan fingerprint density at radius 3 is 2.50 bits per heavy atom. The van der Waals surface area contributed by atoms with Gasteiger partial charge in [0.1, 0.15) is 20.7 Å². The summed E-state index contributed by atoms with van der Waals surface area (Å²) in [6.45, 7) is 0. The van der Waals surface area contributed by atoms with Crippen LogP contribution in [0.3, 0.4) is 0 Å². The molecule has 24 heavy (non-hydrogen) atoms. The number of aromatic nitrogens is 1. The van der Waals surface area contributed by atoms with Crippen LogP contribution in [0.25, 0.3) is 10.6 Å². The number of halogens is 1. The fourth-order valence-electron chi connectivity index (χ4n) is 1.80. The van der Waals surface area contributed by atoms with E-state index in [2.05, 4.69) is 9.71 Å². The number of hydrogen-bond donors (Lipinski definition) is 2. The molecule has 0 saturated heterocycles. The van der Waals surface area contributed by atoms with Crippen molar-refractivity contribution in [3.05, 3.63) is 52.5 Å². The molecule has 0 amide bonds. The summed E-state index contributed by atoms with van der Waals surface area (Å²) >= 11 is 1.92. The van der Waals surface area contributed by atoms with Crippen LogP contribution >= 0.6 is 22.7 Å². The van der Waals surface area contributed by atoms with Gasteiger partial charge in [-0.25, -0.2) is 14.2 Å². The molecule has 10 heteroatoms. The second kappa shape index (κ2) is 6.30. The van der Waals surface area contributed by atoms with Gasteiger partial charge < -0.3 is 5.11 Å². The smallest absolute Gasteiger partial charge is 0.345 e. The molecule has 0 aliphatic rings. The number of nitrogens with one attached hydrogen (secondary N) is 1. The van der Waals surface area contributed by atoms with Crippen molar-refractivity contribution in [1.82, 2.24) is 4.98 Å². The summed E-state index contributed by atoms with van der Waals surface area (Å²) < 4.78 is 39.9. The van der Waals surface area contributed by atoms with Crippen LogP contribution in [0.5, 0.6) is 0 Å². The predicted octanol–water partition coefficient (Wildman–Crippen LogP) is 3.51. The summed E-state index contributed by atoms with van der Waals surface area (Å²) in [4.78, 5) is 14.9. The maximum atomic E-state index is 12.9. The van der Waals surface area contributed by atoms with E-state index in [9.17, 15) is 17.6 Å². The lowest BCUT2D eigenvalue weighted by molar-refractivity contribution is 0.0702. The highest BCUT2D eigenvalue weighted by Gasteiger charge is 2.20. The Morgan fingerprint density at radius 1 is 1.17 bits per heavy atom. The third-order valence-corrected chi connectivity index (χ3v) is 6.31. The lowest BCUT2D eigenvalue weighted by Gasteiger charge is -2.02. The van der Waals surface area contributed by atoms with Crippen LogP contribution in [0.2, 0.25) is 0 Å². The minimum absolute atomic E-state index is 0.0259.